The van der Waals surface area contributed by atoms with Crippen LogP contribution in [0.5, 0.6) is 11.8 Å². The Morgan fingerprint density at radius 3 is 2.36 bits per heavy atom. The molecule has 6 aromatic rings. The molecule has 0 bridgehead atoms. The molecule has 0 spiro atoms. The highest BCUT2D eigenvalue weighted by Gasteiger charge is 2.41. The quantitative estimate of drug-likeness (QED) is 0.0483. The molecule has 6 heterocycles. The monoisotopic (exact) mass is 1240 g/mol. The van der Waals surface area contributed by atoms with Gasteiger partial charge in [-0.15, -0.1) is 11.3 Å². The van der Waals surface area contributed by atoms with Crippen LogP contribution < -0.4 is 35.6 Å². The number of thiazole rings is 1. The number of carbonyl (C=O) groups excluding carboxylic acids is 3. The van der Waals surface area contributed by atoms with Gasteiger partial charge in [0.1, 0.15) is 47.5 Å². The Morgan fingerprint density at radius 1 is 0.809 bits per heavy atom. The van der Waals surface area contributed by atoms with Crippen molar-refractivity contribution < 1.29 is 42.8 Å². The van der Waals surface area contributed by atoms with E-state index < -0.39 is 23.8 Å². The van der Waals surface area contributed by atoms with E-state index in [2.05, 4.69) is 98.4 Å². The van der Waals surface area contributed by atoms with Gasteiger partial charge in [0.2, 0.25) is 11.8 Å². The number of likely N-dealkylation sites (tertiary alicyclic amines) is 2. The van der Waals surface area contributed by atoms with Crippen molar-refractivity contribution in [3.05, 3.63) is 101 Å². The summed E-state index contributed by atoms with van der Waals surface area (Å²) in [5.41, 5.74) is 10.7. The van der Waals surface area contributed by atoms with E-state index >= 15 is 0 Å². The summed E-state index contributed by atoms with van der Waals surface area (Å²) in [6.07, 6.45) is 7.62. The molecule has 1 saturated carbocycles. The highest BCUT2D eigenvalue weighted by Crippen LogP contribution is 2.41. The predicted molar refractivity (Wildman–Crippen MR) is 348 cm³/mol. The van der Waals surface area contributed by atoms with Gasteiger partial charge in [-0.2, -0.15) is 9.97 Å². The third kappa shape index (κ3) is 15.5. The molecule has 11 rings (SSSR count). The van der Waals surface area contributed by atoms with Crippen molar-refractivity contribution in [1.82, 2.24) is 40.3 Å². The first kappa shape index (κ1) is 63.8. The number of nitrogens with zero attached hydrogens (tertiary/aromatic N) is 8. The number of rotatable bonds is 24. The fourth-order valence-corrected chi connectivity index (χ4v) is 14.3. The Morgan fingerprint density at radius 2 is 1.56 bits per heavy atom. The molecule has 3 saturated heterocycles. The lowest BCUT2D eigenvalue weighted by Crippen LogP contribution is -2.56. The lowest BCUT2D eigenvalue weighted by Gasteiger charge is -2.37. The van der Waals surface area contributed by atoms with Gasteiger partial charge < -0.3 is 59.5 Å². The zero-order chi connectivity index (χ0) is 62.0. The fraction of sp³-hybridized carbons (Fsp3) is 0.559. The van der Waals surface area contributed by atoms with Gasteiger partial charge in [0.05, 0.1) is 63.1 Å². The Labute approximate surface area is 528 Å². The van der Waals surface area contributed by atoms with Gasteiger partial charge in [-0.1, -0.05) is 79.9 Å². The summed E-state index contributed by atoms with van der Waals surface area (Å²) in [6.45, 7) is 16.1. The number of fused-ring (bicyclic) bond motifs is 3. The smallest absolute Gasteiger partial charge is 0.410 e. The molecule has 21 heteroatoms. The van der Waals surface area contributed by atoms with Crippen molar-refractivity contribution in [2.45, 2.75) is 134 Å². The summed E-state index contributed by atoms with van der Waals surface area (Å²) in [5.74, 6) is 1.28. The van der Waals surface area contributed by atoms with Crippen molar-refractivity contribution in [1.29, 1.82) is 0 Å². The molecule has 4 N–H and O–H groups in total. The largest absolute Gasteiger partial charge is 0.491 e. The Kier molecular flexibility index (Phi) is 21.2. The number of likely N-dealkylation sites (N-methyl/N-ethyl adjacent to an activating group) is 2. The zero-order valence-electron chi connectivity index (χ0n) is 52.8. The van der Waals surface area contributed by atoms with Gasteiger partial charge in [-0.25, -0.2) is 9.78 Å². The number of benzene rings is 4. The second kappa shape index (κ2) is 29.5. The van der Waals surface area contributed by atoms with Gasteiger partial charge in [0.15, 0.2) is 0 Å². The third-order valence-electron chi connectivity index (χ3n) is 18.3. The standard InChI is InChI=1S/C68H91N11O9S/c1-45(76(6)67(82)88-68(2,3)4)63(80)73-61(47-17-8-7-9-18-47)65(81)79-29-15-24-59(79)64-71-57(44-89-64)53-25-26-60(54-22-13-12-21-52(53)54)86-37-35-84-33-32-83-34-36-85-50-38-49(75(5)41-50)43-87-66-72-56-42-77(58-23-14-19-46-16-10-11-20-51(46)58)30-27-55(56)62(74-66)78-31-28-70-48(39-69)40-78/h10-14,16,19-23,25-26,44-45,47-50,59,61,70H,7-9,15,17-18,24,27-43,69H2,1-6H3,(H,73,80)/t45-,48-,49-,50+,59-,61-/m0/s1. The summed E-state index contributed by atoms with van der Waals surface area (Å²) < 4.78 is 36.5. The maximum atomic E-state index is 14.7. The molecular formula is C68H91N11O9S. The van der Waals surface area contributed by atoms with Crippen molar-refractivity contribution in [3.63, 3.8) is 0 Å². The number of piperazine rings is 1. The van der Waals surface area contributed by atoms with Crippen LogP contribution in [-0.2, 0) is 41.5 Å². The van der Waals surface area contributed by atoms with Crippen LogP contribution >= 0.6 is 11.3 Å². The molecule has 5 aliphatic rings. The lowest BCUT2D eigenvalue weighted by atomic mass is 9.83. The van der Waals surface area contributed by atoms with Crippen LogP contribution in [0.4, 0.5) is 16.3 Å². The number of anilines is 2. The van der Waals surface area contributed by atoms with Crippen LogP contribution in [0, 0.1) is 5.92 Å². The topological polar surface area (TPSA) is 212 Å². The molecular weight excluding hydrogens is 1150 g/mol. The van der Waals surface area contributed by atoms with Gasteiger partial charge in [-0.05, 0) is 108 Å². The number of carbonyl (C=O) groups is 3. The van der Waals surface area contributed by atoms with E-state index in [0.29, 0.717) is 71.9 Å². The summed E-state index contributed by atoms with van der Waals surface area (Å²) in [5, 5.41) is 14.1. The Hall–Kier alpha value is -6.72. The SMILES string of the molecule is C[C@@H](C(=O)N[C@H](C(=O)N1CCC[C@H]1c1nc(-c2ccc(OCCOCCOCCO[C@@H]3C[C@@H](COc4nc5c(c(N6CCN[C@@H](CN)C6)n4)CCN(c4cccc6ccccc46)C5)N(C)C3)c3ccccc23)cs1)C1CCCCC1)N(C)C(=O)OC(C)(C)C. The van der Waals surface area contributed by atoms with Crippen molar-refractivity contribution >= 4 is 62.3 Å². The number of nitrogens with two attached hydrogens (primary N) is 1. The normalized spacial score (nSPS) is 20.8. The molecule has 3 amide bonds. The molecule has 20 nitrogen and oxygen atoms in total. The van der Waals surface area contributed by atoms with Gasteiger partial charge in [-0.3, -0.25) is 19.4 Å². The van der Waals surface area contributed by atoms with Crippen LogP contribution in [0.2, 0.25) is 0 Å². The van der Waals surface area contributed by atoms with E-state index in [-0.39, 0.29) is 42.0 Å². The molecule has 0 radical (unpaired) electrons. The molecule has 4 aliphatic heterocycles. The number of hydrogen-bond donors (Lipinski definition) is 3. The first-order chi connectivity index (χ1) is 43.2. The zero-order valence-corrected chi connectivity index (χ0v) is 53.6. The maximum Gasteiger partial charge on any atom is 0.410 e. The van der Waals surface area contributed by atoms with E-state index in [1.165, 1.54) is 26.9 Å². The average molecular weight is 1240 g/mol. The van der Waals surface area contributed by atoms with E-state index in [1.54, 1.807) is 46.1 Å². The summed E-state index contributed by atoms with van der Waals surface area (Å²) >= 11 is 1.56. The van der Waals surface area contributed by atoms with Gasteiger partial charge in [0.25, 0.3) is 0 Å². The molecule has 4 aromatic carbocycles. The molecule has 0 unspecified atom stereocenters. The maximum absolute atomic E-state index is 14.7. The number of hydrogen-bond acceptors (Lipinski definition) is 18. The molecule has 89 heavy (non-hydrogen) atoms. The Bertz CT molecular complexity index is 3370. The van der Waals surface area contributed by atoms with Gasteiger partial charge >= 0.3 is 12.1 Å². The minimum Gasteiger partial charge on any atom is -0.491 e. The molecule has 4 fully saturated rings. The van der Waals surface area contributed by atoms with E-state index in [9.17, 15) is 14.4 Å². The third-order valence-corrected chi connectivity index (χ3v) is 19.2. The first-order valence-corrected chi connectivity index (χ1v) is 33.2. The van der Waals surface area contributed by atoms with Crippen LogP contribution in [-0.4, -0.2) is 190 Å². The number of aromatic nitrogens is 3. The van der Waals surface area contributed by atoms with Crippen LogP contribution in [0.15, 0.2) is 84.2 Å². The van der Waals surface area contributed by atoms with Crippen LogP contribution in [0.3, 0.4) is 0 Å². The molecule has 478 valence electrons. The second-order valence-electron chi connectivity index (χ2n) is 25.5. The van der Waals surface area contributed by atoms with E-state index in [4.69, 9.17) is 49.1 Å². The van der Waals surface area contributed by atoms with Crippen molar-refractivity contribution in [2.24, 2.45) is 11.7 Å². The number of ether oxygens (including phenoxy) is 6. The van der Waals surface area contributed by atoms with Gasteiger partial charge in [0, 0.05) is 97.9 Å². The second-order valence-corrected chi connectivity index (χ2v) is 26.4. The van der Waals surface area contributed by atoms with E-state index in [1.807, 2.05) is 23.1 Å². The highest BCUT2D eigenvalue weighted by atomic mass is 32.1. The average Bonchev–Trinajstić information content (AvgIpc) is 2.19. The number of nitrogens with one attached hydrogen (secondary N) is 2. The fourth-order valence-electron chi connectivity index (χ4n) is 13.3. The highest BCUT2D eigenvalue weighted by molar-refractivity contribution is 7.10. The summed E-state index contributed by atoms with van der Waals surface area (Å²) in [4.78, 5) is 67.2. The minimum atomic E-state index is -0.832. The summed E-state index contributed by atoms with van der Waals surface area (Å²) in [7, 11) is 3.68. The minimum absolute atomic E-state index is 0.00853. The predicted octanol–water partition coefficient (Wildman–Crippen LogP) is 8.77. The van der Waals surface area contributed by atoms with Crippen molar-refractivity contribution in [2.75, 3.05) is 116 Å². The lowest BCUT2D eigenvalue weighted by molar-refractivity contribution is -0.140. The molecule has 6 atom stereocenters. The van der Waals surface area contributed by atoms with E-state index in [0.717, 1.165) is 135 Å². The molecule has 2 aromatic heterocycles. The van der Waals surface area contributed by atoms with Crippen molar-refractivity contribution in [3.8, 4) is 23.0 Å². The molecule has 1 aliphatic carbocycles. The number of amides is 3. The summed E-state index contributed by atoms with van der Waals surface area (Å²) in [6, 6.07) is 26.3. The van der Waals surface area contributed by atoms with Crippen LogP contribution in [0.1, 0.15) is 101 Å². The van der Waals surface area contributed by atoms with Crippen LogP contribution in [0.25, 0.3) is 32.8 Å². The first-order valence-electron chi connectivity index (χ1n) is 32.3. The Balaban J connectivity index is 0.619.